The van der Waals surface area contributed by atoms with Gasteiger partial charge in [0.1, 0.15) is 5.69 Å². The van der Waals surface area contributed by atoms with Gasteiger partial charge in [0.15, 0.2) is 6.29 Å². The zero-order valence-corrected chi connectivity index (χ0v) is 5.27. The summed E-state index contributed by atoms with van der Waals surface area (Å²) in [5.41, 5.74) is -0.906. The van der Waals surface area contributed by atoms with Gasteiger partial charge in [-0.1, -0.05) is 0 Å². The number of aromatic amines is 1. The number of aldehydes is 1. The monoisotopic (exact) mass is 163 g/mol. The van der Waals surface area contributed by atoms with Gasteiger partial charge in [-0.3, -0.25) is 4.79 Å². The molecule has 0 radical (unpaired) electrons. The average molecular weight is 163 g/mol. The summed E-state index contributed by atoms with van der Waals surface area (Å²) in [6.45, 7) is 0. The van der Waals surface area contributed by atoms with Crippen LogP contribution >= 0.6 is 0 Å². The third-order valence-electron chi connectivity index (χ3n) is 1.15. The molecule has 0 saturated carbocycles. The quantitative estimate of drug-likeness (QED) is 0.629. The first-order valence-corrected chi connectivity index (χ1v) is 2.75. The van der Waals surface area contributed by atoms with Crippen LogP contribution in [0.2, 0.25) is 0 Å². The molecule has 5 heteroatoms. The van der Waals surface area contributed by atoms with Crippen LogP contribution in [0, 0.1) is 0 Å². The van der Waals surface area contributed by atoms with Crippen LogP contribution in [0.3, 0.4) is 0 Å². The van der Waals surface area contributed by atoms with Gasteiger partial charge in [0.2, 0.25) is 0 Å². The maximum Gasteiger partial charge on any atom is 0.431 e. The summed E-state index contributed by atoms with van der Waals surface area (Å²) in [5, 5.41) is 0. The van der Waals surface area contributed by atoms with E-state index in [1.807, 2.05) is 4.98 Å². The van der Waals surface area contributed by atoms with Crippen molar-refractivity contribution < 1.29 is 18.0 Å². The number of halogens is 3. The Morgan fingerprint density at radius 3 is 2.36 bits per heavy atom. The van der Waals surface area contributed by atoms with Crippen LogP contribution in [0.4, 0.5) is 13.2 Å². The lowest BCUT2D eigenvalue weighted by molar-refractivity contribution is -0.140. The molecule has 0 aliphatic rings. The third-order valence-corrected chi connectivity index (χ3v) is 1.15. The van der Waals surface area contributed by atoms with Gasteiger partial charge in [-0.2, -0.15) is 13.2 Å². The van der Waals surface area contributed by atoms with Gasteiger partial charge in [0.25, 0.3) is 0 Å². The molecule has 60 valence electrons. The second-order valence-corrected chi connectivity index (χ2v) is 1.96. The zero-order chi connectivity index (χ0) is 8.48. The van der Waals surface area contributed by atoms with E-state index in [-0.39, 0.29) is 5.56 Å². The largest absolute Gasteiger partial charge is 0.431 e. The van der Waals surface area contributed by atoms with Crippen LogP contribution in [0.1, 0.15) is 16.1 Å². The fraction of sp³-hybridized carbons (Fsp3) is 0.167. The Labute approximate surface area is 60.0 Å². The van der Waals surface area contributed by atoms with Crippen LogP contribution in [0.15, 0.2) is 12.3 Å². The minimum absolute atomic E-state index is 0.00248. The first-order valence-electron chi connectivity index (χ1n) is 2.75. The summed E-state index contributed by atoms with van der Waals surface area (Å²) < 4.78 is 35.4. The summed E-state index contributed by atoms with van der Waals surface area (Å²) >= 11 is 0. The molecule has 1 heterocycles. The highest BCUT2D eigenvalue weighted by Gasteiger charge is 2.32. The lowest BCUT2D eigenvalue weighted by Crippen LogP contribution is -2.04. The molecule has 0 spiro atoms. The van der Waals surface area contributed by atoms with Crippen molar-refractivity contribution in [3.05, 3.63) is 23.5 Å². The minimum atomic E-state index is -4.40. The second kappa shape index (κ2) is 2.41. The van der Waals surface area contributed by atoms with E-state index >= 15 is 0 Å². The van der Waals surface area contributed by atoms with Crippen molar-refractivity contribution in [3.63, 3.8) is 0 Å². The molecule has 0 aliphatic heterocycles. The Hall–Kier alpha value is -1.26. The topological polar surface area (TPSA) is 32.9 Å². The lowest BCUT2D eigenvalue weighted by atomic mass is 10.3. The van der Waals surface area contributed by atoms with E-state index in [1.165, 1.54) is 0 Å². The third kappa shape index (κ3) is 1.60. The fourth-order valence-electron chi connectivity index (χ4n) is 0.643. The molecule has 2 nitrogen and oxygen atoms in total. The van der Waals surface area contributed by atoms with Gasteiger partial charge in [0.05, 0.1) is 0 Å². The molecule has 0 bridgehead atoms. The molecular weight excluding hydrogens is 159 g/mol. The highest BCUT2D eigenvalue weighted by atomic mass is 19.4. The SMILES string of the molecule is O=Cc1c[nH]c(C(F)(F)F)c1. The van der Waals surface area contributed by atoms with Crippen LogP contribution in [0.25, 0.3) is 0 Å². The maximum absolute atomic E-state index is 11.8. The van der Waals surface area contributed by atoms with Gasteiger partial charge in [-0.05, 0) is 6.07 Å². The molecular formula is C6H4F3NO. The minimum Gasteiger partial charge on any atom is -0.357 e. The van der Waals surface area contributed by atoms with Crippen molar-refractivity contribution in [3.8, 4) is 0 Å². The van der Waals surface area contributed by atoms with Crippen molar-refractivity contribution in [2.45, 2.75) is 6.18 Å². The normalized spacial score (nSPS) is 11.5. The number of aromatic nitrogens is 1. The Bertz CT molecular complexity index is 263. The smallest absolute Gasteiger partial charge is 0.357 e. The van der Waals surface area contributed by atoms with E-state index in [9.17, 15) is 18.0 Å². The van der Waals surface area contributed by atoms with E-state index in [4.69, 9.17) is 0 Å². The first-order chi connectivity index (χ1) is 5.04. The van der Waals surface area contributed by atoms with E-state index in [1.54, 1.807) is 0 Å². The highest BCUT2D eigenvalue weighted by Crippen LogP contribution is 2.27. The van der Waals surface area contributed by atoms with Crippen molar-refractivity contribution in [1.29, 1.82) is 0 Å². The van der Waals surface area contributed by atoms with Gasteiger partial charge in [-0.25, -0.2) is 0 Å². The molecule has 0 unspecified atom stereocenters. The van der Waals surface area contributed by atoms with Gasteiger partial charge in [0, 0.05) is 11.8 Å². The lowest BCUT2D eigenvalue weighted by Gasteiger charge is -2.00. The number of hydrogen-bond donors (Lipinski definition) is 1. The molecule has 1 N–H and O–H groups in total. The summed E-state index contributed by atoms with van der Waals surface area (Å²) in [5.74, 6) is 0. The Balaban J connectivity index is 2.98. The Morgan fingerprint density at radius 1 is 1.45 bits per heavy atom. The molecule has 1 rings (SSSR count). The summed E-state index contributed by atoms with van der Waals surface area (Å²) in [7, 11) is 0. The van der Waals surface area contributed by atoms with Crippen LogP contribution in [-0.4, -0.2) is 11.3 Å². The zero-order valence-electron chi connectivity index (χ0n) is 5.27. The predicted octanol–water partition coefficient (Wildman–Crippen LogP) is 1.85. The standard InChI is InChI=1S/C6H4F3NO/c7-6(8,9)5-1-4(3-11)2-10-5/h1-3,10H. The molecule has 0 amide bonds. The Kier molecular flexibility index (Phi) is 1.72. The number of alkyl halides is 3. The first kappa shape index (κ1) is 7.84. The van der Waals surface area contributed by atoms with Crippen LogP contribution in [-0.2, 0) is 6.18 Å². The predicted molar refractivity (Wildman–Crippen MR) is 31.2 cm³/mol. The maximum atomic E-state index is 11.8. The number of hydrogen-bond acceptors (Lipinski definition) is 1. The van der Waals surface area contributed by atoms with Crippen molar-refractivity contribution in [1.82, 2.24) is 4.98 Å². The fourth-order valence-corrected chi connectivity index (χ4v) is 0.643. The molecule has 11 heavy (non-hydrogen) atoms. The molecule has 0 aliphatic carbocycles. The Morgan fingerprint density at radius 2 is 2.09 bits per heavy atom. The van der Waals surface area contributed by atoms with Crippen molar-refractivity contribution in [2.75, 3.05) is 0 Å². The molecule has 0 fully saturated rings. The average Bonchev–Trinajstić information content (AvgIpc) is 2.32. The van der Waals surface area contributed by atoms with Crippen molar-refractivity contribution in [2.24, 2.45) is 0 Å². The van der Waals surface area contributed by atoms with E-state index < -0.39 is 11.9 Å². The van der Waals surface area contributed by atoms with Gasteiger partial charge < -0.3 is 4.98 Å². The van der Waals surface area contributed by atoms with Gasteiger partial charge in [-0.15, -0.1) is 0 Å². The molecule has 1 aromatic heterocycles. The second-order valence-electron chi connectivity index (χ2n) is 1.96. The molecule has 0 atom stereocenters. The number of nitrogens with one attached hydrogen (secondary N) is 1. The summed E-state index contributed by atoms with van der Waals surface area (Å²) in [6.07, 6.45) is -3.04. The van der Waals surface area contributed by atoms with E-state index in [2.05, 4.69) is 0 Å². The van der Waals surface area contributed by atoms with Gasteiger partial charge >= 0.3 is 6.18 Å². The summed E-state index contributed by atoms with van der Waals surface area (Å²) in [6, 6.07) is 0.757. The highest BCUT2D eigenvalue weighted by molar-refractivity contribution is 5.74. The van der Waals surface area contributed by atoms with Crippen molar-refractivity contribution >= 4 is 6.29 Å². The van der Waals surface area contributed by atoms with Crippen LogP contribution < -0.4 is 0 Å². The molecule has 0 aromatic carbocycles. The van der Waals surface area contributed by atoms with E-state index in [0.29, 0.717) is 6.29 Å². The number of carbonyl (C=O) groups excluding carboxylic acids is 1. The number of H-pyrrole nitrogens is 1. The van der Waals surface area contributed by atoms with Crippen LogP contribution in [0.5, 0.6) is 0 Å². The number of rotatable bonds is 1. The summed E-state index contributed by atoms with van der Waals surface area (Å²) in [4.78, 5) is 11.9. The molecule has 0 saturated heterocycles. The number of carbonyl (C=O) groups is 1. The molecule has 1 aromatic rings. The van der Waals surface area contributed by atoms with E-state index in [0.717, 1.165) is 12.3 Å².